The molecule has 0 radical (unpaired) electrons. The molecule has 0 rings (SSSR count). The summed E-state index contributed by atoms with van der Waals surface area (Å²) in [4.78, 5) is 23.2. The maximum absolute atomic E-state index is 7.72. The summed E-state index contributed by atoms with van der Waals surface area (Å²) in [5.41, 5.74) is 0. The van der Waals surface area contributed by atoms with Crippen molar-refractivity contribution < 1.29 is 37.8 Å². The molecule has 0 aromatic carbocycles. The Morgan fingerprint density at radius 3 is 1.33 bits per heavy atom. The molecule has 0 aliphatic heterocycles. The van der Waals surface area contributed by atoms with Gasteiger partial charge in [-0.05, 0) is 0 Å². The quantitative estimate of drug-likeness (QED) is 0.435. The first kappa shape index (κ1) is 22.7. The van der Waals surface area contributed by atoms with Gasteiger partial charge in [-0.25, -0.2) is 3.98 Å². The van der Waals surface area contributed by atoms with Crippen LogP contribution < -0.4 is 0 Å². The largest absolute Gasteiger partial charge is 0.316 e. The van der Waals surface area contributed by atoms with E-state index in [2.05, 4.69) is 15.8 Å². The van der Waals surface area contributed by atoms with Crippen molar-refractivity contribution in [3.63, 3.8) is 0 Å². The van der Waals surface area contributed by atoms with Gasteiger partial charge in [0.05, 0.1) is 11.9 Å². The van der Waals surface area contributed by atoms with Crippen LogP contribution in [0.25, 0.3) is 0 Å². The zero-order valence-electron chi connectivity index (χ0n) is 3.33. The van der Waals surface area contributed by atoms with Gasteiger partial charge in [0, 0.05) is 19.5 Å². The SMILES string of the molecule is O[Si](O)(O)OCl.[CaH2].[MgH2].[Zn]. The number of hydrogen-bond donors (Lipinski definition) is 3. The van der Waals surface area contributed by atoms with Gasteiger partial charge in [-0.1, -0.05) is 0 Å². The third kappa shape index (κ3) is 24.8. The molecule has 0 aromatic heterocycles. The second kappa shape index (κ2) is 11.0. The number of rotatable bonds is 1. The van der Waals surface area contributed by atoms with E-state index in [9.17, 15) is 0 Å². The predicted octanol–water partition coefficient (Wildman–Crippen LogP) is -3.27. The van der Waals surface area contributed by atoms with Gasteiger partial charge in [0.15, 0.2) is 0 Å². The Labute approximate surface area is 117 Å². The van der Waals surface area contributed by atoms with Gasteiger partial charge in [-0.3, -0.25) is 0 Å². The Kier molecular flexibility index (Phi) is 27.7. The number of halogens is 1. The average molecular weight is 264 g/mol. The monoisotopic (exact) mass is 262 g/mol. The van der Waals surface area contributed by atoms with E-state index >= 15 is 0 Å². The van der Waals surface area contributed by atoms with Crippen molar-refractivity contribution in [1.29, 1.82) is 0 Å². The molecular weight excluding hydrogens is 257 g/mol. The van der Waals surface area contributed by atoms with Crippen molar-refractivity contribution in [2.75, 3.05) is 0 Å². The van der Waals surface area contributed by atoms with Gasteiger partial charge in [0.25, 0.3) is 0 Å². The third-order valence-electron chi connectivity index (χ3n) is 0.104. The Morgan fingerprint density at radius 2 is 1.33 bits per heavy atom. The first-order valence-electron chi connectivity index (χ1n) is 1.03. The van der Waals surface area contributed by atoms with E-state index in [-0.39, 0.29) is 80.3 Å². The van der Waals surface area contributed by atoms with Crippen LogP contribution in [0.15, 0.2) is 0 Å². The van der Waals surface area contributed by atoms with Gasteiger partial charge in [0.2, 0.25) is 0 Å². The Bertz CT molecular complexity index is 50.3. The number of hydrogen-bond acceptors (Lipinski definition) is 4. The van der Waals surface area contributed by atoms with E-state index in [1.807, 2.05) is 0 Å². The maximum Gasteiger partial charge on any atom is 0.316 e. The molecule has 0 aliphatic carbocycles. The van der Waals surface area contributed by atoms with Crippen LogP contribution in [0.3, 0.4) is 0 Å². The van der Waals surface area contributed by atoms with E-state index in [1.165, 1.54) is 0 Å². The van der Waals surface area contributed by atoms with Crippen LogP contribution in [-0.4, -0.2) is 84.2 Å². The van der Waals surface area contributed by atoms with E-state index in [1.54, 1.807) is 0 Å². The summed E-state index contributed by atoms with van der Waals surface area (Å²) in [6, 6.07) is 0. The minimum atomic E-state index is -4.37. The van der Waals surface area contributed by atoms with Crippen molar-refractivity contribution in [1.82, 2.24) is 0 Å². The molecule has 9 heavy (non-hydrogen) atoms. The van der Waals surface area contributed by atoms with Crippen LogP contribution in [0.4, 0.5) is 0 Å². The molecule has 4 nitrogen and oxygen atoms in total. The molecule has 0 amide bonds. The van der Waals surface area contributed by atoms with E-state index in [0.29, 0.717) is 0 Å². The molecule has 0 fully saturated rings. The Morgan fingerprint density at radius 1 is 1.22 bits per heavy atom. The minimum Gasteiger partial charge on any atom is 0 e. The van der Waals surface area contributed by atoms with E-state index in [4.69, 9.17) is 14.4 Å². The zero-order chi connectivity index (χ0) is 5.21. The van der Waals surface area contributed by atoms with Gasteiger partial charge in [0.1, 0.15) is 0 Å². The fraction of sp³-hybridized carbons (Fsp3) is 0. The van der Waals surface area contributed by atoms with Gasteiger partial charge < -0.3 is 14.4 Å². The average Bonchev–Trinajstić information content (AvgIpc) is 1.35. The summed E-state index contributed by atoms with van der Waals surface area (Å²) >= 11 is 4.29. The second-order valence-electron chi connectivity index (χ2n) is 0.651. The van der Waals surface area contributed by atoms with Crippen molar-refractivity contribution in [3.8, 4) is 0 Å². The van der Waals surface area contributed by atoms with E-state index < -0.39 is 9.05 Å². The summed E-state index contributed by atoms with van der Waals surface area (Å²) in [5.74, 6) is 0. The summed E-state index contributed by atoms with van der Waals surface area (Å²) in [6.45, 7) is 0. The molecule has 0 aromatic rings. The predicted molar refractivity (Wildman–Crippen MR) is 36.4 cm³/mol. The van der Waals surface area contributed by atoms with Gasteiger partial charge >= 0.3 is 69.8 Å². The molecule has 0 saturated heterocycles. The molecule has 0 atom stereocenters. The third-order valence-corrected chi connectivity index (χ3v) is 0.932. The normalized spacial score (nSPS) is 8.00. The van der Waals surface area contributed by atoms with Crippen molar-refractivity contribution in [2.45, 2.75) is 0 Å². The van der Waals surface area contributed by atoms with Crippen molar-refractivity contribution in [2.24, 2.45) is 0 Å². The van der Waals surface area contributed by atoms with Crippen LogP contribution in [-0.2, 0) is 23.5 Å². The summed E-state index contributed by atoms with van der Waals surface area (Å²) in [5, 5.41) is 0. The zero-order valence-corrected chi connectivity index (χ0v) is 8.06. The molecule has 3 N–H and O–H groups in total. The van der Waals surface area contributed by atoms with E-state index in [0.717, 1.165) is 0 Å². The molecule has 0 saturated carbocycles. The molecule has 0 heterocycles. The molecular formula is H7CaClMgO4SiZn. The smallest absolute Gasteiger partial charge is 0 e. The van der Waals surface area contributed by atoms with Crippen LogP contribution in [0.5, 0.6) is 0 Å². The van der Waals surface area contributed by atoms with Crippen molar-refractivity contribution >= 4 is 81.7 Å². The topological polar surface area (TPSA) is 69.9 Å². The van der Waals surface area contributed by atoms with Crippen LogP contribution in [0, 0.1) is 0 Å². The fourth-order valence-electron chi connectivity index (χ4n) is 0. The standard InChI is InChI=1S/Ca.ClH3O4Si.Mg.Zn.4H/c;1-5-6(2,3)4;;;;;;/h;2-4H;;;;;;. The Hall–Kier alpha value is 3.00. The fourth-order valence-corrected chi connectivity index (χ4v) is 0. The Balaban J connectivity index is -0.0000000417. The second-order valence-corrected chi connectivity index (χ2v) is 2.42. The molecule has 9 heteroatoms. The molecule has 0 bridgehead atoms. The summed E-state index contributed by atoms with van der Waals surface area (Å²) < 4.78 is 3.22. The summed E-state index contributed by atoms with van der Waals surface area (Å²) in [7, 11) is -4.37. The molecule has 0 spiro atoms. The van der Waals surface area contributed by atoms with Crippen LogP contribution in [0.1, 0.15) is 0 Å². The summed E-state index contributed by atoms with van der Waals surface area (Å²) in [6.07, 6.45) is 0. The van der Waals surface area contributed by atoms with Crippen LogP contribution >= 0.6 is 11.9 Å². The molecule has 0 aliphatic rings. The van der Waals surface area contributed by atoms with Gasteiger partial charge in [-0.2, -0.15) is 0 Å². The molecule has 48 valence electrons. The minimum absolute atomic E-state index is 0. The first-order valence-corrected chi connectivity index (χ1v) is 3.09. The van der Waals surface area contributed by atoms with Crippen LogP contribution in [0.2, 0.25) is 0 Å². The first-order chi connectivity index (χ1) is 2.56. The van der Waals surface area contributed by atoms with Gasteiger partial charge in [-0.15, -0.1) is 0 Å². The molecule has 0 unspecified atom stereocenters. The van der Waals surface area contributed by atoms with Crippen molar-refractivity contribution in [3.05, 3.63) is 0 Å². The maximum atomic E-state index is 7.72.